The molecule has 20 aromatic rings. The van der Waals surface area contributed by atoms with Gasteiger partial charge in [0.2, 0.25) is 0 Å². The van der Waals surface area contributed by atoms with Crippen molar-refractivity contribution in [3.8, 4) is 102 Å². The number of aromatic nitrogens is 6. The van der Waals surface area contributed by atoms with Crippen LogP contribution in [0.1, 0.15) is 40.0 Å². The second-order valence-electron chi connectivity index (χ2n) is 28.5. The van der Waals surface area contributed by atoms with Gasteiger partial charge in [0.15, 0.2) is 34.5 Å². The van der Waals surface area contributed by atoms with Gasteiger partial charge in [0.05, 0.1) is 44.8 Å². The monoisotopic (exact) mass is 1440 g/mol. The van der Waals surface area contributed by atoms with Crippen LogP contribution in [0.3, 0.4) is 0 Å². The summed E-state index contributed by atoms with van der Waals surface area (Å²) in [7, 11) is 0. The number of furan rings is 2. The highest BCUT2D eigenvalue weighted by atomic mass is 16.3. The summed E-state index contributed by atoms with van der Waals surface area (Å²) in [6.45, 7) is 0. The predicted molar refractivity (Wildman–Crippen MR) is 453 cm³/mol. The molecule has 0 spiro atoms. The fraction of sp³-hybridized carbons (Fsp3) is 0.0200. The van der Waals surface area contributed by atoms with Gasteiger partial charge in [0, 0.05) is 72.2 Å². The first kappa shape index (κ1) is 64.1. The van der Waals surface area contributed by atoms with Gasteiger partial charge in [-0.15, -0.1) is 0 Å². The largest absolute Gasteiger partial charge is 0.453 e. The highest BCUT2D eigenvalue weighted by Crippen LogP contribution is 2.52. The molecule has 2 aliphatic heterocycles. The van der Waals surface area contributed by atoms with E-state index < -0.39 is 6.17 Å². The van der Waals surface area contributed by atoms with Crippen molar-refractivity contribution in [1.29, 1.82) is 0 Å². The zero-order valence-electron chi connectivity index (χ0n) is 60.2. The zero-order valence-corrected chi connectivity index (χ0v) is 60.2. The van der Waals surface area contributed by atoms with Gasteiger partial charge in [-0.25, -0.2) is 29.9 Å². The quantitative estimate of drug-likeness (QED) is 0.116. The molecule has 22 rings (SSSR count). The smallest absolute Gasteiger partial charge is 0.164 e. The molecule has 12 heteroatoms. The molecule has 2 atom stereocenters. The van der Waals surface area contributed by atoms with Gasteiger partial charge in [-0.05, 0) is 129 Å². The summed E-state index contributed by atoms with van der Waals surface area (Å²) in [5, 5.41) is 11.6. The van der Waals surface area contributed by atoms with Crippen molar-refractivity contribution < 1.29 is 8.83 Å². The number of amidine groups is 2. The summed E-state index contributed by atoms with van der Waals surface area (Å²) < 4.78 is 18.8. The van der Waals surface area contributed by atoms with E-state index in [1.807, 2.05) is 60.7 Å². The number of nitrogens with zero attached hydrogens (tertiary/aromatic N) is 8. The fourth-order valence-electron chi connectivity index (χ4n) is 16.5. The zero-order chi connectivity index (χ0) is 73.7. The molecule has 526 valence electrons. The van der Waals surface area contributed by atoms with E-state index in [2.05, 4.69) is 323 Å². The van der Waals surface area contributed by atoms with Crippen molar-refractivity contribution in [2.24, 2.45) is 9.98 Å². The van der Waals surface area contributed by atoms with E-state index in [0.717, 1.165) is 184 Å². The van der Waals surface area contributed by atoms with Gasteiger partial charge >= 0.3 is 0 Å². The lowest BCUT2D eigenvalue weighted by molar-refractivity contribution is 0.626. The minimum atomic E-state index is -0.436. The molecule has 0 bridgehead atoms. The number of hydrogen-bond acceptors (Lipinski definition) is 10. The first-order chi connectivity index (χ1) is 55.5. The van der Waals surface area contributed by atoms with E-state index in [-0.39, 0.29) is 6.04 Å². The number of fused-ring (bicyclic) bond motifs is 14. The van der Waals surface area contributed by atoms with E-state index in [9.17, 15) is 0 Å². The first-order valence-electron chi connectivity index (χ1n) is 37.7. The Morgan fingerprint density at radius 3 is 1.51 bits per heavy atom. The van der Waals surface area contributed by atoms with Crippen molar-refractivity contribution in [1.82, 2.24) is 34.4 Å². The first-order valence-corrected chi connectivity index (χ1v) is 37.7. The van der Waals surface area contributed by atoms with Crippen molar-refractivity contribution in [2.45, 2.75) is 12.2 Å². The third-order valence-corrected chi connectivity index (χ3v) is 21.9. The Labute approximate surface area is 643 Å². The SMILES string of the molecule is c1ccc(C2=NC(c3cccc(-c4cccc(-n5c6ccccc6c6oc7c8ccccc8nc(-c8ccccc8)c7c65)c4)c3)=NC(c3ccc(-c4ccc(-c5nc(-c6ccccc6)nc(-c6cccc(-c7ccc(-n8c9ccccc9c9oc%10c(c98)C(c8ccccc8)Nc8ccccc8-%10)cc7)c6)n5)cc4)cc3)N2)cc1. The van der Waals surface area contributed by atoms with Crippen molar-refractivity contribution in [2.75, 3.05) is 5.32 Å². The standard InChI is InChI=1S/C100H64N10O2/c1-5-24-64(25-6-1)87-85-89-93(111-91(85)77-38-13-17-42-81(77)101-87)79-40-15-19-44-83(79)109(89)75-56-54-63(55-57-75)70-32-21-35-73(58-70)99-105-95(66-28-9-3-10-29-66)103-97(107-99)68-50-46-61(47-51-68)62-48-52-69(53-49-62)98-104-96(67-30-11-4-12-31-67)106-100(108-98)74-36-22-33-71(59-74)72-34-23-37-76(60-72)110-84-45-20-16-41-80(84)94-90(110)86-88(65-26-7-2-8-27-65)102-82-43-18-14-39-78(82)92(86)112-94/h1-60,87,98,101H,(H,104,106,108). The fourth-order valence-corrected chi connectivity index (χ4v) is 16.5. The van der Waals surface area contributed by atoms with Crippen LogP contribution in [0.25, 0.3) is 167 Å². The number of para-hydroxylation sites is 4. The molecule has 2 aliphatic rings. The van der Waals surface area contributed by atoms with Crippen LogP contribution in [0.2, 0.25) is 0 Å². The third kappa shape index (κ3) is 10.9. The van der Waals surface area contributed by atoms with Crippen molar-refractivity contribution in [3.05, 3.63) is 392 Å². The van der Waals surface area contributed by atoms with Crippen molar-refractivity contribution in [3.63, 3.8) is 0 Å². The molecule has 14 aromatic carbocycles. The van der Waals surface area contributed by atoms with Crippen LogP contribution in [0.5, 0.6) is 0 Å². The molecule has 0 aliphatic carbocycles. The van der Waals surface area contributed by atoms with Gasteiger partial charge in [0.1, 0.15) is 28.9 Å². The maximum absolute atomic E-state index is 7.04. The number of anilines is 1. The lowest BCUT2D eigenvalue weighted by Gasteiger charge is -2.27. The average Bonchev–Trinajstić information content (AvgIpc) is 1.55. The third-order valence-electron chi connectivity index (χ3n) is 21.9. The molecule has 2 N–H and O–H groups in total. The maximum atomic E-state index is 7.04. The lowest BCUT2D eigenvalue weighted by Crippen LogP contribution is -2.33. The lowest BCUT2D eigenvalue weighted by atomic mass is 9.91. The Kier molecular flexibility index (Phi) is 15.1. The molecule has 0 fully saturated rings. The number of rotatable bonds is 13. The van der Waals surface area contributed by atoms with E-state index in [1.165, 1.54) is 5.56 Å². The van der Waals surface area contributed by atoms with Crippen LogP contribution < -0.4 is 10.6 Å². The van der Waals surface area contributed by atoms with E-state index in [1.54, 1.807) is 0 Å². The molecule has 0 saturated heterocycles. The molecule has 8 heterocycles. The van der Waals surface area contributed by atoms with Gasteiger partial charge in [-0.2, -0.15) is 0 Å². The number of benzene rings is 14. The summed E-state index contributed by atoms with van der Waals surface area (Å²) in [5.41, 5.74) is 27.7. The van der Waals surface area contributed by atoms with Gasteiger partial charge in [-0.1, -0.05) is 279 Å². The predicted octanol–water partition coefficient (Wildman–Crippen LogP) is 24.3. The molecule has 112 heavy (non-hydrogen) atoms. The number of nitrogens with one attached hydrogen (secondary N) is 2. The molecule has 6 aromatic heterocycles. The minimum absolute atomic E-state index is 0.131. The topological polar surface area (TPSA) is 136 Å². The second-order valence-corrected chi connectivity index (χ2v) is 28.5. The summed E-state index contributed by atoms with van der Waals surface area (Å²) in [6.07, 6.45) is -0.436. The van der Waals surface area contributed by atoms with Crippen LogP contribution >= 0.6 is 0 Å². The Bertz CT molecular complexity index is 7170. The number of pyridine rings is 1. The molecular formula is C100H64N10O2. The Morgan fingerprint density at radius 1 is 0.312 bits per heavy atom. The molecule has 12 nitrogen and oxygen atoms in total. The second kappa shape index (κ2) is 26.4. The normalized spacial score (nSPS) is 14.0. The molecule has 0 amide bonds. The molecular weight excluding hydrogens is 1370 g/mol. The molecule has 2 unspecified atom stereocenters. The number of hydrogen-bond donors (Lipinski definition) is 2. The van der Waals surface area contributed by atoms with Crippen molar-refractivity contribution >= 4 is 83.2 Å². The van der Waals surface area contributed by atoms with Crippen LogP contribution in [-0.4, -0.2) is 40.7 Å². The minimum Gasteiger partial charge on any atom is -0.453 e. The van der Waals surface area contributed by atoms with Crippen LogP contribution in [0.4, 0.5) is 5.69 Å². The maximum Gasteiger partial charge on any atom is 0.164 e. The van der Waals surface area contributed by atoms with E-state index in [4.69, 9.17) is 38.8 Å². The highest BCUT2D eigenvalue weighted by Gasteiger charge is 2.35. The van der Waals surface area contributed by atoms with Crippen LogP contribution in [-0.2, 0) is 0 Å². The molecule has 0 radical (unpaired) electrons. The summed E-state index contributed by atoms with van der Waals surface area (Å²) in [4.78, 5) is 31.5. The number of aliphatic imine (C=N–C) groups is 2. The summed E-state index contributed by atoms with van der Waals surface area (Å²) >= 11 is 0. The Morgan fingerprint density at radius 2 is 0.804 bits per heavy atom. The molecule has 0 saturated carbocycles. The Balaban J connectivity index is 0.559. The van der Waals surface area contributed by atoms with Gasteiger partial charge in [-0.3, -0.25) is 0 Å². The van der Waals surface area contributed by atoms with Crippen LogP contribution in [0, 0.1) is 0 Å². The van der Waals surface area contributed by atoms with Gasteiger partial charge in [0.25, 0.3) is 0 Å². The van der Waals surface area contributed by atoms with E-state index in [0.29, 0.717) is 23.3 Å². The average molecular weight is 1440 g/mol. The Hall–Kier alpha value is -15.1. The summed E-state index contributed by atoms with van der Waals surface area (Å²) in [6, 6.07) is 127. The van der Waals surface area contributed by atoms with Crippen LogP contribution in [0.15, 0.2) is 383 Å². The highest BCUT2D eigenvalue weighted by molar-refractivity contribution is 6.24. The van der Waals surface area contributed by atoms with Gasteiger partial charge < -0.3 is 28.6 Å². The summed E-state index contributed by atoms with van der Waals surface area (Å²) in [5.74, 6) is 4.01. The van der Waals surface area contributed by atoms with E-state index >= 15 is 0 Å².